The predicted octanol–water partition coefficient (Wildman–Crippen LogP) is 1.89. The molecule has 2 N–H and O–H groups in total. The number of aryl methyl sites for hydroxylation is 1. The molecule has 1 heterocycles. The van der Waals surface area contributed by atoms with Crippen LogP contribution in [0.15, 0.2) is 36.7 Å². The number of aromatic nitrogens is 2. The van der Waals surface area contributed by atoms with Crippen molar-refractivity contribution in [1.29, 1.82) is 0 Å². The molecule has 1 amide bonds. The van der Waals surface area contributed by atoms with Gasteiger partial charge in [-0.05, 0) is 36.8 Å². The lowest BCUT2D eigenvalue weighted by Gasteiger charge is -2.09. The van der Waals surface area contributed by atoms with Crippen LogP contribution in [0, 0.1) is 6.92 Å². The van der Waals surface area contributed by atoms with Gasteiger partial charge in [-0.25, -0.2) is 9.97 Å². The highest BCUT2D eigenvalue weighted by atomic mass is 16.1. The summed E-state index contributed by atoms with van der Waals surface area (Å²) in [5.74, 6) is 0.439. The molecule has 2 rings (SSSR count). The molecule has 92 valence electrons. The first-order valence-electron chi connectivity index (χ1n) is 5.57. The SMILES string of the molecule is CNC(=O)c1ccc(Nc2ncccn2)c(C)c1. The minimum absolute atomic E-state index is 0.0967. The van der Waals surface area contributed by atoms with Crippen molar-refractivity contribution in [3.8, 4) is 0 Å². The number of carbonyl (C=O) groups excluding carboxylic acids is 1. The Hall–Kier alpha value is -2.43. The van der Waals surface area contributed by atoms with Crippen LogP contribution in [0.4, 0.5) is 11.6 Å². The van der Waals surface area contributed by atoms with Gasteiger partial charge in [0.15, 0.2) is 0 Å². The lowest BCUT2D eigenvalue weighted by Crippen LogP contribution is -2.17. The fourth-order valence-electron chi connectivity index (χ4n) is 1.57. The maximum atomic E-state index is 11.5. The largest absolute Gasteiger partial charge is 0.355 e. The Morgan fingerprint density at radius 2 is 1.94 bits per heavy atom. The van der Waals surface area contributed by atoms with E-state index in [2.05, 4.69) is 20.6 Å². The van der Waals surface area contributed by atoms with E-state index in [1.807, 2.05) is 19.1 Å². The fourth-order valence-corrected chi connectivity index (χ4v) is 1.57. The molecule has 0 unspecified atom stereocenters. The van der Waals surface area contributed by atoms with Crippen molar-refractivity contribution < 1.29 is 4.79 Å². The van der Waals surface area contributed by atoms with E-state index in [-0.39, 0.29) is 5.91 Å². The van der Waals surface area contributed by atoms with Gasteiger partial charge in [0, 0.05) is 30.7 Å². The van der Waals surface area contributed by atoms with Crippen molar-refractivity contribution in [2.45, 2.75) is 6.92 Å². The minimum Gasteiger partial charge on any atom is -0.355 e. The molecule has 0 fully saturated rings. The van der Waals surface area contributed by atoms with Crippen molar-refractivity contribution in [2.75, 3.05) is 12.4 Å². The molecule has 2 aromatic rings. The van der Waals surface area contributed by atoms with E-state index in [0.29, 0.717) is 11.5 Å². The van der Waals surface area contributed by atoms with Crippen LogP contribution in [0.3, 0.4) is 0 Å². The normalized spacial score (nSPS) is 9.89. The third-order valence-corrected chi connectivity index (χ3v) is 2.53. The summed E-state index contributed by atoms with van der Waals surface area (Å²) in [5.41, 5.74) is 2.48. The zero-order valence-electron chi connectivity index (χ0n) is 10.3. The van der Waals surface area contributed by atoms with Gasteiger partial charge in [0.05, 0.1) is 0 Å². The Morgan fingerprint density at radius 3 is 2.56 bits per heavy atom. The van der Waals surface area contributed by atoms with E-state index < -0.39 is 0 Å². The highest BCUT2D eigenvalue weighted by Crippen LogP contribution is 2.19. The van der Waals surface area contributed by atoms with Gasteiger partial charge in [0.25, 0.3) is 5.91 Å². The second-order valence-corrected chi connectivity index (χ2v) is 3.81. The summed E-state index contributed by atoms with van der Waals surface area (Å²) in [5, 5.41) is 5.70. The number of rotatable bonds is 3. The quantitative estimate of drug-likeness (QED) is 0.862. The first-order chi connectivity index (χ1) is 8.70. The number of amides is 1. The molecular formula is C13H14N4O. The van der Waals surface area contributed by atoms with E-state index in [0.717, 1.165) is 11.3 Å². The number of hydrogen-bond acceptors (Lipinski definition) is 4. The summed E-state index contributed by atoms with van der Waals surface area (Å²) in [6.07, 6.45) is 3.34. The molecule has 0 radical (unpaired) electrons. The van der Waals surface area contributed by atoms with E-state index in [9.17, 15) is 4.79 Å². The second kappa shape index (κ2) is 5.27. The lowest BCUT2D eigenvalue weighted by atomic mass is 10.1. The number of anilines is 2. The molecule has 0 bridgehead atoms. The van der Waals surface area contributed by atoms with Crippen LogP contribution in [-0.2, 0) is 0 Å². The van der Waals surface area contributed by atoms with E-state index in [1.165, 1.54) is 0 Å². The Kier molecular flexibility index (Phi) is 3.52. The smallest absolute Gasteiger partial charge is 0.251 e. The number of benzene rings is 1. The summed E-state index contributed by atoms with van der Waals surface area (Å²) in [6, 6.07) is 7.18. The summed E-state index contributed by atoms with van der Waals surface area (Å²) in [7, 11) is 1.61. The topological polar surface area (TPSA) is 66.9 Å². The van der Waals surface area contributed by atoms with Gasteiger partial charge >= 0.3 is 0 Å². The van der Waals surface area contributed by atoms with Crippen molar-refractivity contribution >= 4 is 17.5 Å². The first kappa shape index (κ1) is 12.0. The number of nitrogens with zero attached hydrogens (tertiary/aromatic N) is 2. The molecular weight excluding hydrogens is 228 g/mol. The van der Waals surface area contributed by atoms with Crippen molar-refractivity contribution in [2.24, 2.45) is 0 Å². The Bertz CT molecular complexity index is 554. The van der Waals surface area contributed by atoms with Crippen LogP contribution in [-0.4, -0.2) is 22.9 Å². The minimum atomic E-state index is -0.0967. The summed E-state index contributed by atoms with van der Waals surface area (Å²) in [4.78, 5) is 19.7. The highest BCUT2D eigenvalue weighted by Gasteiger charge is 2.06. The average molecular weight is 242 g/mol. The first-order valence-corrected chi connectivity index (χ1v) is 5.57. The maximum Gasteiger partial charge on any atom is 0.251 e. The fraction of sp³-hybridized carbons (Fsp3) is 0.154. The molecule has 0 spiro atoms. The van der Waals surface area contributed by atoms with Crippen molar-refractivity contribution in [3.05, 3.63) is 47.8 Å². The second-order valence-electron chi connectivity index (χ2n) is 3.81. The average Bonchev–Trinajstić information content (AvgIpc) is 2.41. The van der Waals surface area contributed by atoms with Crippen LogP contribution in [0.1, 0.15) is 15.9 Å². The van der Waals surface area contributed by atoms with Crippen LogP contribution < -0.4 is 10.6 Å². The van der Waals surface area contributed by atoms with Crippen LogP contribution in [0.2, 0.25) is 0 Å². The number of hydrogen-bond donors (Lipinski definition) is 2. The van der Waals surface area contributed by atoms with Crippen molar-refractivity contribution in [3.63, 3.8) is 0 Å². The van der Waals surface area contributed by atoms with Crippen LogP contribution in [0.25, 0.3) is 0 Å². The monoisotopic (exact) mass is 242 g/mol. The molecule has 0 aliphatic heterocycles. The van der Waals surface area contributed by atoms with Gasteiger partial charge in [-0.15, -0.1) is 0 Å². The van der Waals surface area contributed by atoms with E-state index in [1.54, 1.807) is 31.6 Å². The third-order valence-electron chi connectivity index (χ3n) is 2.53. The van der Waals surface area contributed by atoms with Crippen LogP contribution in [0.5, 0.6) is 0 Å². The molecule has 0 aliphatic rings. The molecule has 1 aromatic heterocycles. The lowest BCUT2D eigenvalue weighted by molar-refractivity contribution is 0.0963. The Balaban J connectivity index is 2.23. The molecule has 5 nitrogen and oxygen atoms in total. The zero-order chi connectivity index (χ0) is 13.0. The van der Waals surface area contributed by atoms with Gasteiger partial charge in [-0.1, -0.05) is 0 Å². The van der Waals surface area contributed by atoms with Gasteiger partial charge in [0.2, 0.25) is 5.95 Å². The Labute approximate surface area is 105 Å². The number of nitrogens with one attached hydrogen (secondary N) is 2. The summed E-state index contributed by atoms with van der Waals surface area (Å²) >= 11 is 0. The molecule has 1 aromatic carbocycles. The molecule has 0 saturated heterocycles. The van der Waals surface area contributed by atoms with Gasteiger partial charge in [-0.2, -0.15) is 0 Å². The molecule has 5 heteroatoms. The third kappa shape index (κ3) is 2.63. The van der Waals surface area contributed by atoms with Crippen molar-refractivity contribution in [1.82, 2.24) is 15.3 Å². The standard InChI is InChI=1S/C13H14N4O/c1-9-8-10(12(18)14-2)4-5-11(9)17-13-15-6-3-7-16-13/h3-8H,1-2H3,(H,14,18)(H,15,16,17). The molecule has 0 aliphatic carbocycles. The highest BCUT2D eigenvalue weighted by molar-refractivity contribution is 5.94. The number of carbonyl (C=O) groups is 1. The van der Waals surface area contributed by atoms with Gasteiger partial charge in [-0.3, -0.25) is 4.79 Å². The summed E-state index contributed by atoms with van der Waals surface area (Å²) < 4.78 is 0. The molecule has 0 saturated carbocycles. The van der Waals surface area contributed by atoms with E-state index in [4.69, 9.17) is 0 Å². The van der Waals surface area contributed by atoms with E-state index >= 15 is 0 Å². The Morgan fingerprint density at radius 1 is 1.22 bits per heavy atom. The van der Waals surface area contributed by atoms with Gasteiger partial charge in [0.1, 0.15) is 0 Å². The zero-order valence-corrected chi connectivity index (χ0v) is 10.3. The van der Waals surface area contributed by atoms with Crippen LogP contribution >= 0.6 is 0 Å². The predicted molar refractivity (Wildman–Crippen MR) is 69.9 cm³/mol. The molecule has 0 atom stereocenters. The maximum absolute atomic E-state index is 11.5. The van der Waals surface area contributed by atoms with Gasteiger partial charge < -0.3 is 10.6 Å². The molecule has 18 heavy (non-hydrogen) atoms. The summed E-state index contributed by atoms with van der Waals surface area (Å²) in [6.45, 7) is 1.93.